The van der Waals surface area contributed by atoms with Crippen molar-refractivity contribution >= 4 is 5.71 Å². The quantitative estimate of drug-likeness (QED) is 0.650. The van der Waals surface area contributed by atoms with Gasteiger partial charge in [0.05, 0.1) is 36.7 Å². The minimum absolute atomic E-state index is 0.123. The molecule has 6 heteroatoms. The van der Waals surface area contributed by atoms with Gasteiger partial charge in [-0.3, -0.25) is 14.9 Å². The van der Waals surface area contributed by atoms with Crippen LogP contribution in [0.3, 0.4) is 0 Å². The monoisotopic (exact) mass is 391 g/mol. The summed E-state index contributed by atoms with van der Waals surface area (Å²) in [6.07, 6.45) is 2.24. The molecule has 0 saturated carbocycles. The number of methoxy groups -OCH3 is 1. The number of aliphatic imine (C=N–C) groups is 1. The number of aromatic nitrogens is 2. The molecule has 2 heterocycles. The first kappa shape index (κ1) is 19.2. The van der Waals surface area contributed by atoms with E-state index < -0.39 is 0 Å². The molecule has 0 radical (unpaired) electrons. The van der Waals surface area contributed by atoms with Crippen LogP contribution >= 0.6 is 0 Å². The van der Waals surface area contributed by atoms with E-state index in [9.17, 15) is 4.79 Å². The molecule has 1 aliphatic heterocycles. The zero-order chi connectivity index (χ0) is 20.2. The SMILES string of the molecule is COc1ccc(-n2[nH]c(-c3ccccc3)c(C(C)=NCC3CCCO3)c2=O)cc1. The second-order valence-electron chi connectivity index (χ2n) is 7.13. The summed E-state index contributed by atoms with van der Waals surface area (Å²) >= 11 is 0. The van der Waals surface area contributed by atoms with Crippen LogP contribution in [0.15, 0.2) is 64.4 Å². The van der Waals surface area contributed by atoms with Crippen molar-refractivity contribution in [2.75, 3.05) is 20.3 Å². The number of H-pyrrole nitrogens is 1. The predicted molar refractivity (Wildman–Crippen MR) is 114 cm³/mol. The maximum Gasteiger partial charge on any atom is 0.280 e. The molecular formula is C23H25N3O3. The molecule has 150 valence electrons. The fraction of sp³-hybridized carbons (Fsp3) is 0.304. The summed E-state index contributed by atoms with van der Waals surface area (Å²) in [5.41, 5.74) is 3.63. The van der Waals surface area contributed by atoms with E-state index in [1.807, 2.05) is 61.5 Å². The summed E-state index contributed by atoms with van der Waals surface area (Å²) in [5, 5.41) is 3.28. The Labute approximate surface area is 169 Å². The fourth-order valence-electron chi connectivity index (χ4n) is 3.61. The van der Waals surface area contributed by atoms with Gasteiger partial charge >= 0.3 is 0 Å². The van der Waals surface area contributed by atoms with Crippen molar-refractivity contribution < 1.29 is 9.47 Å². The van der Waals surface area contributed by atoms with Crippen molar-refractivity contribution in [3.05, 3.63) is 70.5 Å². The Bertz CT molecular complexity index is 1040. The Balaban J connectivity index is 1.78. The smallest absolute Gasteiger partial charge is 0.280 e. The van der Waals surface area contributed by atoms with Crippen LogP contribution in [0.4, 0.5) is 0 Å². The molecule has 0 amide bonds. The van der Waals surface area contributed by atoms with Crippen LogP contribution < -0.4 is 10.3 Å². The molecule has 0 aliphatic carbocycles. The second kappa shape index (κ2) is 8.49. The molecule has 1 saturated heterocycles. The number of nitrogens with zero attached hydrogens (tertiary/aromatic N) is 2. The average Bonchev–Trinajstić information content (AvgIpc) is 3.40. The maximum absolute atomic E-state index is 13.3. The van der Waals surface area contributed by atoms with E-state index in [2.05, 4.69) is 5.10 Å². The van der Waals surface area contributed by atoms with Crippen LogP contribution in [-0.2, 0) is 4.74 Å². The van der Waals surface area contributed by atoms with Crippen LogP contribution in [0.5, 0.6) is 5.75 Å². The van der Waals surface area contributed by atoms with Gasteiger partial charge in [-0.05, 0) is 44.0 Å². The number of rotatable bonds is 6. The molecule has 1 N–H and O–H groups in total. The van der Waals surface area contributed by atoms with E-state index in [0.717, 1.165) is 42.1 Å². The summed E-state index contributed by atoms with van der Waals surface area (Å²) in [6, 6.07) is 17.2. The normalized spacial score (nSPS) is 16.9. The molecule has 1 atom stereocenters. The molecular weight excluding hydrogens is 366 g/mol. The summed E-state index contributed by atoms with van der Waals surface area (Å²) in [5.74, 6) is 0.742. The lowest BCUT2D eigenvalue weighted by atomic mass is 10.1. The van der Waals surface area contributed by atoms with Crippen LogP contribution in [-0.4, -0.2) is 41.9 Å². The second-order valence-corrected chi connectivity index (χ2v) is 7.13. The Morgan fingerprint density at radius 1 is 1.21 bits per heavy atom. The highest BCUT2D eigenvalue weighted by molar-refractivity contribution is 6.03. The van der Waals surface area contributed by atoms with Gasteiger partial charge in [-0.1, -0.05) is 30.3 Å². The van der Waals surface area contributed by atoms with Crippen molar-refractivity contribution in [1.82, 2.24) is 9.78 Å². The van der Waals surface area contributed by atoms with E-state index in [1.165, 1.54) is 0 Å². The van der Waals surface area contributed by atoms with Crippen molar-refractivity contribution in [3.63, 3.8) is 0 Å². The third-order valence-electron chi connectivity index (χ3n) is 5.20. The summed E-state index contributed by atoms with van der Waals surface area (Å²) < 4.78 is 12.5. The van der Waals surface area contributed by atoms with Crippen molar-refractivity contribution in [2.45, 2.75) is 25.9 Å². The zero-order valence-corrected chi connectivity index (χ0v) is 16.7. The van der Waals surface area contributed by atoms with E-state index in [4.69, 9.17) is 14.5 Å². The average molecular weight is 391 g/mol. The molecule has 4 rings (SSSR count). The van der Waals surface area contributed by atoms with Crippen molar-refractivity contribution in [2.24, 2.45) is 4.99 Å². The van der Waals surface area contributed by atoms with Gasteiger partial charge in [0.1, 0.15) is 5.75 Å². The molecule has 0 bridgehead atoms. The lowest BCUT2D eigenvalue weighted by Crippen LogP contribution is -2.20. The van der Waals surface area contributed by atoms with Crippen LogP contribution in [0.2, 0.25) is 0 Å². The van der Waals surface area contributed by atoms with Gasteiger partial charge in [0.2, 0.25) is 0 Å². The lowest BCUT2D eigenvalue weighted by Gasteiger charge is -2.07. The minimum atomic E-state index is -0.123. The highest BCUT2D eigenvalue weighted by atomic mass is 16.5. The molecule has 1 fully saturated rings. The first-order chi connectivity index (χ1) is 14.2. The van der Waals surface area contributed by atoms with Gasteiger partial charge in [-0.15, -0.1) is 0 Å². The number of aromatic amines is 1. The molecule has 1 aliphatic rings. The number of hydrogen-bond acceptors (Lipinski definition) is 4. The molecule has 6 nitrogen and oxygen atoms in total. The summed E-state index contributed by atoms with van der Waals surface area (Å²) in [4.78, 5) is 18.0. The Hall–Kier alpha value is -3.12. The first-order valence-corrected chi connectivity index (χ1v) is 9.85. The van der Waals surface area contributed by atoms with Gasteiger partial charge in [-0.2, -0.15) is 0 Å². The van der Waals surface area contributed by atoms with Crippen molar-refractivity contribution in [1.29, 1.82) is 0 Å². The molecule has 1 unspecified atom stereocenters. The summed E-state index contributed by atoms with van der Waals surface area (Å²) in [6.45, 7) is 3.26. The third-order valence-corrected chi connectivity index (χ3v) is 5.20. The number of hydrogen-bond donors (Lipinski definition) is 1. The molecule has 29 heavy (non-hydrogen) atoms. The van der Waals surface area contributed by atoms with Gasteiger partial charge in [-0.25, -0.2) is 4.68 Å². The van der Waals surface area contributed by atoms with Gasteiger partial charge in [0.25, 0.3) is 5.56 Å². The molecule has 3 aromatic rings. The number of ether oxygens (including phenoxy) is 2. The number of nitrogens with one attached hydrogen (secondary N) is 1. The Kier molecular flexibility index (Phi) is 5.62. The minimum Gasteiger partial charge on any atom is -0.497 e. The predicted octanol–water partition coefficient (Wildman–Crippen LogP) is 3.83. The van der Waals surface area contributed by atoms with E-state index in [-0.39, 0.29) is 11.7 Å². The topological polar surface area (TPSA) is 68.6 Å². The largest absolute Gasteiger partial charge is 0.497 e. The zero-order valence-electron chi connectivity index (χ0n) is 16.7. The van der Waals surface area contributed by atoms with Crippen LogP contribution in [0.1, 0.15) is 25.3 Å². The third kappa shape index (κ3) is 4.03. The fourth-order valence-corrected chi connectivity index (χ4v) is 3.61. The Morgan fingerprint density at radius 2 is 1.97 bits per heavy atom. The van der Waals surface area contributed by atoms with E-state index in [1.54, 1.807) is 11.8 Å². The maximum atomic E-state index is 13.3. The van der Waals surface area contributed by atoms with Crippen LogP contribution in [0, 0.1) is 0 Å². The Morgan fingerprint density at radius 3 is 2.62 bits per heavy atom. The van der Waals surface area contributed by atoms with E-state index in [0.29, 0.717) is 17.8 Å². The van der Waals surface area contributed by atoms with Crippen molar-refractivity contribution in [3.8, 4) is 22.7 Å². The number of benzene rings is 2. The highest BCUT2D eigenvalue weighted by Crippen LogP contribution is 2.22. The first-order valence-electron chi connectivity index (χ1n) is 9.85. The highest BCUT2D eigenvalue weighted by Gasteiger charge is 2.20. The summed E-state index contributed by atoms with van der Waals surface area (Å²) in [7, 11) is 1.62. The van der Waals surface area contributed by atoms with Crippen LogP contribution in [0.25, 0.3) is 16.9 Å². The lowest BCUT2D eigenvalue weighted by molar-refractivity contribution is 0.118. The molecule has 0 spiro atoms. The van der Waals surface area contributed by atoms with Gasteiger partial charge in [0.15, 0.2) is 0 Å². The van der Waals surface area contributed by atoms with Gasteiger partial charge in [0, 0.05) is 17.9 Å². The standard InChI is InChI=1S/C23H25N3O3/c1-16(24-15-20-9-6-14-29-20)21-22(17-7-4-3-5-8-17)25-26(23(21)27)18-10-12-19(28-2)13-11-18/h3-5,7-8,10-13,20,25H,6,9,14-15H2,1-2H3. The van der Waals surface area contributed by atoms with Gasteiger partial charge < -0.3 is 9.47 Å². The molecule has 1 aromatic heterocycles. The molecule has 2 aromatic carbocycles. The van der Waals surface area contributed by atoms with E-state index >= 15 is 0 Å².